The van der Waals surface area contributed by atoms with Crippen molar-refractivity contribution in [2.75, 3.05) is 10.6 Å². The van der Waals surface area contributed by atoms with Crippen LogP contribution < -0.4 is 10.6 Å². The molecule has 0 fully saturated rings. The normalized spacial score (nSPS) is 10.8. The SMILES string of the molecule is CC(=O)Nc1cc(C(=N)C(=O)Nc2ccc(C#N)cc2C(=O)O)c(O)cc1-c1ccccc1C(F)(F)F. The van der Waals surface area contributed by atoms with Gasteiger partial charge in [0.15, 0.2) is 0 Å². The largest absolute Gasteiger partial charge is 0.507 e. The van der Waals surface area contributed by atoms with Crippen molar-refractivity contribution in [2.24, 2.45) is 0 Å². The molecular weight excluding hydrogens is 493 g/mol. The third kappa shape index (κ3) is 5.73. The number of carbonyl (C=O) groups is 3. The lowest BCUT2D eigenvalue weighted by Gasteiger charge is -2.18. The maximum absolute atomic E-state index is 13.6. The predicted molar refractivity (Wildman–Crippen MR) is 126 cm³/mol. The van der Waals surface area contributed by atoms with Crippen LogP contribution in [0, 0.1) is 16.7 Å². The number of amides is 2. The number of halogens is 3. The van der Waals surface area contributed by atoms with Gasteiger partial charge < -0.3 is 20.8 Å². The number of carbonyl (C=O) groups excluding carboxylic acids is 2. The van der Waals surface area contributed by atoms with Crippen LogP contribution in [0.2, 0.25) is 0 Å². The van der Waals surface area contributed by atoms with Gasteiger partial charge in [0.1, 0.15) is 11.5 Å². The molecule has 3 rings (SSSR count). The van der Waals surface area contributed by atoms with Gasteiger partial charge in [0.05, 0.1) is 28.4 Å². The van der Waals surface area contributed by atoms with Crippen LogP contribution in [0.15, 0.2) is 54.6 Å². The number of rotatable bonds is 6. The Balaban J connectivity index is 2.07. The van der Waals surface area contributed by atoms with Crippen LogP contribution in [0.25, 0.3) is 11.1 Å². The average molecular weight is 510 g/mol. The average Bonchev–Trinajstić information content (AvgIpc) is 2.83. The highest BCUT2D eigenvalue weighted by atomic mass is 19.4. The number of hydrogen-bond acceptors (Lipinski definition) is 6. The Bertz CT molecular complexity index is 1490. The van der Waals surface area contributed by atoms with Crippen molar-refractivity contribution in [3.63, 3.8) is 0 Å². The first-order chi connectivity index (χ1) is 17.3. The van der Waals surface area contributed by atoms with E-state index >= 15 is 0 Å². The number of anilines is 2. The number of nitrogens with zero attached hydrogens (tertiary/aromatic N) is 1. The number of nitriles is 1. The van der Waals surface area contributed by atoms with Gasteiger partial charge in [-0.2, -0.15) is 18.4 Å². The van der Waals surface area contributed by atoms with Crippen LogP contribution >= 0.6 is 0 Å². The van der Waals surface area contributed by atoms with Crippen LogP contribution in [0.3, 0.4) is 0 Å². The third-order valence-electron chi connectivity index (χ3n) is 5.09. The number of phenolic OH excluding ortho intramolecular Hbond substituents is 1. The Morgan fingerprint density at radius 1 is 0.946 bits per heavy atom. The second kappa shape index (κ2) is 10.2. The fourth-order valence-corrected chi connectivity index (χ4v) is 3.48. The highest BCUT2D eigenvalue weighted by molar-refractivity contribution is 6.48. The molecule has 0 spiro atoms. The summed E-state index contributed by atoms with van der Waals surface area (Å²) < 4.78 is 40.8. The summed E-state index contributed by atoms with van der Waals surface area (Å²) in [6.07, 6.45) is -4.76. The molecule has 0 bridgehead atoms. The van der Waals surface area contributed by atoms with E-state index in [0.29, 0.717) is 0 Å². The first-order valence-corrected chi connectivity index (χ1v) is 10.3. The summed E-state index contributed by atoms with van der Waals surface area (Å²) >= 11 is 0. The Labute approximate surface area is 207 Å². The van der Waals surface area contributed by atoms with Crippen molar-refractivity contribution in [3.05, 3.63) is 76.9 Å². The smallest absolute Gasteiger partial charge is 0.417 e. The van der Waals surface area contributed by atoms with Crippen molar-refractivity contribution in [1.29, 1.82) is 10.7 Å². The summed E-state index contributed by atoms with van der Waals surface area (Å²) in [7, 11) is 0. The molecule has 0 aliphatic rings. The topological polar surface area (TPSA) is 163 Å². The summed E-state index contributed by atoms with van der Waals surface area (Å²) in [5.41, 5.74) is -3.79. The minimum absolute atomic E-state index is 0.0118. The zero-order chi connectivity index (χ0) is 27.5. The molecule has 3 aromatic carbocycles. The van der Waals surface area contributed by atoms with Crippen molar-refractivity contribution in [2.45, 2.75) is 13.1 Å². The molecule has 0 aliphatic carbocycles. The molecule has 0 unspecified atom stereocenters. The standard InChI is InChI=1S/C25H17F3N4O5/c1-12(33)31-20-9-17(21(34)10-15(20)14-4-2-3-5-18(14)25(26,27)28)22(30)23(35)32-19-7-6-13(11-29)8-16(19)24(36)37/h2-10,30,34H,1H3,(H,31,33)(H,32,35)(H,36,37). The maximum atomic E-state index is 13.6. The van der Waals surface area contributed by atoms with Gasteiger partial charge in [-0.3, -0.25) is 15.0 Å². The number of aromatic hydroxyl groups is 1. The molecule has 0 saturated carbocycles. The molecule has 0 aliphatic heterocycles. The van der Waals surface area contributed by atoms with Crippen LogP contribution in [0.4, 0.5) is 24.5 Å². The minimum Gasteiger partial charge on any atom is -0.507 e. The summed E-state index contributed by atoms with van der Waals surface area (Å²) in [6.45, 7) is 1.10. The lowest BCUT2D eigenvalue weighted by molar-refractivity contribution is -0.137. The Morgan fingerprint density at radius 2 is 1.62 bits per heavy atom. The van der Waals surface area contributed by atoms with E-state index in [1.807, 2.05) is 0 Å². The van der Waals surface area contributed by atoms with Crippen LogP contribution in [0.1, 0.15) is 34.0 Å². The van der Waals surface area contributed by atoms with Crippen LogP contribution in [0.5, 0.6) is 5.75 Å². The number of alkyl halides is 3. The highest BCUT2D eigenvalue weighted by Crippen LogP contribution is 2.41. The van der Waals surface area contributed by atoms with Gasteiger partial charge in [-0.1, -0.05) is 18.2 Å². The predicted octanol–water partition coefficient (Wildman–Crippen LogP) is 4.61. The van der Waals surface area contributed by atoms with Crippen molar-refractivity contribution in [1.82, 2.24) is 0 Å². The van der Waals surface area contributed by atoms with Crippen molar-refractivity contribution in [3.8, 4) is 22.9 Å². The van der Waals surface area contributed by atoms with E-state index in [0.717, 1.165) is 43.3 Å². The van der Waals surface area contributed by atoms with E-state index in [1.165, 1.54) is 18.2 Å². The molecule has 188 valence electrons. The first-order valence-electron chi connectivity index (χ1n) is 10.3. The lowest BCUT2D eigenvalue weighted by Crippen LogP contribution is -2.24. The Hall–Kier alpha value is -5.18. The Kier molecular flexibility index (Phi) is 7.29. The number of carboxylic acid groups (broad SMARTS) is 1. The highest BCUT2D eigenvalue weighted by Gasteiger charge is 2.34. The molecule has 2 amide bonds. The van der Waals surface area contributed by atoms with E-state index < -0.39 is 52.1 Å². The van der Waals surface area contributed by atoms with Crippen LogP contribution in [-0.4, -0.2) is 33.7 Å². The molecule has 0 saturated heterocycles. The molecule has 9 nitrogen and oxygen atoms in total. The van der Waals surface area contributed by atoms with E-state index in [-0.39, 0.29) is 28.1 Å². The third-order valence-corrected chi connectivity index (χ3v) is 5.09. The molecule has 37 heavy (non-hydrogen) atoms. The van der Waals surface area contributed by atoms with E-state index in [9.17, 15) is 37.8 Å². The van der Waals surface area contributed by atoms with Crippen molar-refractivity contribution < 1.29 is 37.8 Å². The quantitative estimate of drug-likeness (QED) is 0.240. The van der Waals surface area contributed by atoms with Crippen LogP contribution in [-0.2, 0) is 15.8 Å². The molecular formula is C25H17F3N4O5. The van der Waals surface area contributed by atoms with Gasteiger partial charge in [0, 0.05) is 23.7 Å². The lowest BCUT2D eigenvalue weighted by atomic mass is 9.94. The monoisotopic (exact) mass is 510 g/mol. The second-order valence-electron chi connectivity index (χ2n) is 7.65. The summed E-state index contributed by atoms with van der Waals surface area (Å²) in [5, 5.41) is 41.6. The zero-order valence-electron chi connectivity index (χ0n) is 18.9. The molecule has 12 heteroatoms. The molecule has 0 aromatic heterocycles. The zero-order valence-corrected chi connectivity index (χ0v) is 18.9. The molecule has 5 N–H and O–H groups in total. The first kappa shape index (κ1) is 26.4. The van der Waals surface area contributed by atoms with Crippen molar-refractivity contribution >= 4 is 34.9 Å². The summed E-state index contributed by atoms with van der Waals surface area (Å²) in [5.74, 6) is -4.02. The second-order valence-corrected chi connectivity index (χ2v) is 7.65. The van der Waals surface area contributed by atoms with Gasteiger partial charge in [-0.05, 0) is 42.0 Å². The number of nitrogens with one attached hydrogen (secondary N) is 3. The van der Waals surface area contributed by atoms with E-state index in [2.05, 4.69) is 10.6 Å². The fourth-order valence-electron chi connectivity index (χ4n) is 3.48. The number of aromatic carboxylic acids is 1. The molecule has 0 atom stereocenters. The van der Waals surface area contributed by atoms with Gasteiger partial charge in [0.2, 0.25) is 5.91 Å². The van der Waals surface area contributed by atoms with E-state index in [1.54, 1.807) is 6.07 Å². The minimum atomic E-state index is -4.76. The number of phenols is 1. The maximum Gasteiger partial charge on any atom is 0.417 e. The van der Waals surface area contributed by atoms with Gasteiger partial charge in [-0.25, -0.2) is 4.79 Å². The fraction of sp³-hybridized carbons (Fsp3) is 0.0800. The number of hydrogen-bond donors (Lipinski definition) is 5. The molecule has 0 heterocycles. The number of benzene rings is 3. The Morgan fingerprint density at radius 3 is 2.22 bits per heavy atom. The van der Waals surface area contributed by atoms with Gasteiger partial charge in [0.25, 0.3) is 5.91 Å². The summed E-state index contributed by atoms with van der Waals surface area (Å²) in [6, 6.07) is 11.5. The summed E-state index contributed by atoms with van der Waals surface area (Å²) in [4.78, 5) is 36.0. The molecule has 3 aromatic rings. The number of carboxylic acids is 1. The van der Waals surface area contributed by atoms with Gasteiger partial charge in [-0.15, -0.1) is 0 Å². The molecule has 0 radical (unpaired) electrons. The van der Waals surface area contributed by atoms with Gasteiger partial charge >= 0.3 is 12.1 Å². The van der Waals surface area contributed by atoms with E-state index in [4.69, 9.17) is 10.7 Å².